The van der Waals surface area contributed by atoms with Crippen molar-refractivity contribution in [1.29, 1.82) is 0 Å². The van der Waals surface area contributed by atoms with Crippen molar-refractivity contribution in [2.75, 3.05) is 13.2 Å². The quantitative estimate of drug-likeness (QED) is 0.292. The van der Waals surface area contributed by atoms with Gasteiger partial charge >= 0.3 is 17.9 Å². The molecular formula is C21H30O6. The van der Waals surface area contributed by atoms with Gasteiger partial charge in [0.05, 0.1) is 25.6 Å². The summed E-state index contributed by atoms with van der Waals surface area (Å²) < 4.78 is 15.6. The third-order valence-electron chi connectivity index (χ3n) is 3.92. The van der Waals surface area contributed by atoms with Crippen LogP contribution >= 0.6 is 0 Å². The van der Waals surface area contributed by atoms with Crippen LogP contribution in [-0.2, 0) is 23.9 Å². The molecule has 0 aliphatic carbocycles. The molecule has 0 heterocycles. The minimum absolute atomic E-state index is 0.0654. The summed E-state index contributed by atoms with van der Waals surface area (Å²) in [5.41, 5.74) is 0. The Morgan fingerprint density at radius 1 is 0.889 bits per heavy atom. The molecule has 150 valence electrons. The van der Waals surface area contributed by atoms with Gasteiger partial charge in [-0.3, -0.25) is 14.4 Å². The second-order valence-electron chi connectivity index (χ2n) is 6.32. The van der Waals surface area contributed by atoms with Gasteiger partial charge in [0.1, 0.15) is 5.75 Å². The molecule has 0 aliphatic rings. The van der Waals surface area contributed by atoms with Crippen LogP contribution in [0.5, 0.6) is 5.75 Å². The van der Waals surface area contributed by atoms with Gasteiger partial charge in [-0.1, -0.05) is 44.9 Å². The van der Waals surface area contributed by atoms with Gasteiger partial charge in [-0.15, -0.1) is 0 Å². The third-order valence-corrected chi connectivity index (χ3v) is 3.92. The molecule has 1 atom stereocenters. The van der Waals surface area contributed by atoms with Crippen LogP contribution in [0.4, 0.5) is 0 Å². The van der Waals surface area contributed by atoms with E-state index < -0.39 is 17.9 Å². The van der Waals surface area contributed by atoms with Crippen LogP contribution in [0.1, 0.15) is 58.8 Å². The zero-order valence-corrected chi connectivity index (χ0v) is 16.3. The molecule has 0 bridgehead atoms. The highest BCUT2D eigenvalue weighted by atomic mass is 16.5. The Balaban J connectivity index is 2.56. The SMILES string of the molecule is CCCCOC(=O)CCC(CC(=O)Oc1ccccc1)C(=O)OCCCC. The predicted molar refractivity (Wildman–Crippen MR) is 101 cm³/mol. The van der Waals surface area contributed by atoms with E-state index in [0.29, 0.717) is 19.0 Å². The maximum absolute atomic E-state index is 12.3. The van der Waals surface area contributed by atoms with Crippen molar-refractivity contribution in [2.24, 2.45) is 5.92 Å². The molecule has 0 aromatic heterocycles. The highest BCUT2D eigenvalue weighted by Crippen LogP contribution is 2.18. The summed E-state index contributed by atoms with van der Waals surface area (Å²) in [4.78, 5) is 36.3. The Labute approximate surface area is 161 Å². The first-order valence-electron chi connectivity index (χ1n) is 9.64. The highest BCUT2D eigenvalue weighted by molar-refractivity contribution is 5.81. The molecule has 0 saturated carbocycles. The lowest BCUT2D eigenvalue weighted by molar-refractivity contribution is -0.153. The number of hydrogen-bond donors (Lipinski definition) is 0. The largest absolute Gasteiger partial charge is 0.466 e. The van der Waals surface area contributed by atoms with E-state index in [1.165, 1.54) is 0 Å². The summed E-state index contributed by atoms with van der Waals surface area (Å²) in [7, 11) is 0. The van der Waals surface area contributed by atoms with E-state index in [9.17, 15) is 14.4 Å². The molecule has 0 amide bonds. The number of carbonyl (C=O) groups is 3. The van der Waals surface area contributed by atoms with Crippen molar-refractivity contribution in [2.45, 2.75) is 58.8 Å². The molecule has 0 fully saturated rings. The molecule has 0 aliphatic heterocycles. The zero-order chi connectivity index (χ0) is 19.9. The van der Waals surface area contributed by atoms with Crippen molar-refractivity contribution in [3.05, 3.63) is 30.3 Å². The first-order valence-corrected chi connectivity index (χ1v) is 9.64. The predicted octanol–water partition coefficient (Wildman–Crippen LogP) is 4.07. The van der Waals surface area contributed by atoms with E-state index in [2.05, 4.69) is 0 Å². The monoisotopic (exact) mass is 378 g/mol. The number of ether oxygens (including phenoxy) is 3. The van der Waals surface area contributed by atoms with E-state index in [0.717, 1.165) is 25.7 Å². The van der Waals surface area contributed by atoms with Crippen molar-refractivity contribution in [3.63, 3.8) is 0 Å². The fraction of sp³-hybridized carbons (Fsp3) is 0.571. The van der Waals surface area contributed by atoms with E-state index in [1.807, 2.05) is 19.9 Å². The third kappa shape index (κ3) is 10.4. The summed E-state index contributed by atoms with van der Waals surface area (Å²) in [6.07, 6.45) is 3.52. The number of para-hydroxylation sites is 1. The normalized spacial score (nSPS) is 11.5. The molecule has 6 nitrogen and oxygen atoms in total. The summed E-state index contributed by atoms with van der Waals surface area (Å²) >= 11 is 0. The first kappa shape index (κ1) is 22.7. The summed E-state index contributed by atoms with van der Waals surface area (Å²) in [6.45, 7) is 4.68. The molecule has 27 heavy (non-hydrogen) atoms. The molecular weight excluding hydrogens is 348 g/mol. The van der Waals surface area contributed by atoms with Crippen molar-refractivity contribution in [3.8, 4) is 5.75 Å². The molecule has 1 rings (SSSR count). The fourth-order valence-electron chi connectivity index (χ4n) is 2.30. The highest BCUT2D eigenvalue weighted by Gasteiger charge is 2.25. The number of rotatable bonds is 13. The lowest BCUT2D eigenvalue weighted by Crippen LogP contribution is -2.24. The average Bonchev–Trinajstić information content (AvgIpc) is 2.66. The van der Waals surface area contributed by atoms with Gasteiger partial charge < -0.3 is 14.2 Å². The molecule has 0 spiro atoms. The maximum atomic E-state index is 12.3. The Morgan fingerprint density at radius 2 is 1.52 bits per heavy atom. The second-order valence-corrected chi connectivity index (χ2v) is 6.32. The average molecular weight is 378 g/mol. The van der Waals surface area contributed by atoms with Gasteiger partial charge in [-0.25, -0.2) is 0 Å². The molecule has 0 saturated heterocycles. The van der Waals surface area contributed by atoms with E-state index >= 15 is 0 Å². The number of esters is 3. The minimum Gasteiger partial charge on any atom is -0.466 e. The van der Waals surface area contributed by atoms with Crippen molar-refractivity contribution < 1.29 is 28.6 Å². The number of unbranched alkanes of at least 4 members (excludes halogenated alkanes) is 2. The van der Waals surface area contributed by atoms with Crippen molar-refractivity contribution in [1.82, 2.24) is 0 Å². The lowest BCUT2D eigenvalue weighted by atomic mass is 9.99. The van der Waals surface area contributed by atoms with Crippen LogP contribution < -0.4 is 4.74 Å². The van der Waals surface area contributed by atoms with Gasteiger partial charge in [0.25, 0.3) is 0 Å². The molecule has 1 aromatic rings. The minimum atomic E-state index is -0.725. The Bertz CT molecular complexity index is 569. The first-order chi connectivity index (χ1) is 13.1. The van der Waals surface area contributed by atoms with Gasteiger partial charge in [-0.05, 0) is 31.4 Å². The molecule has 0 N–H and O–H groups in total. The molecule has 1 unspecified atom stereocenters. The van der Waals surface area contributed by atoms with Crippen LogP contribution in [-0.4, -0.2) is 31.1 Å². The van der Waals surface area contributed by atoms with Crippen LogP contribution in [0, 0.1) is 5.92 Å². The number of carbonyl (C=O) groups excluding carboxylic acids is 3. The van der Waals surface area contributed by atoms with E-state index in [1.54, 1.807) is 24.3 Å². The van der Waals surface area contributed by atoms with Crippen LogP contribution in [0.2, 0.25) is 0 Å². The topological polar surface area (TPSA) is 78.9 Å². The smallest absolute Gasteiger partial charge is 0.312 e. The molecule has 0 radical (unpaired) electrons. The van der Waals surface area contributed by atoms with Gasteiger partial charge in [0.15, 0.2) is 0 Å². The fourth-order valence-corrected chi connectivity index (χ4v) is 2.30. The van der Waals surface area contributed by atoms with E-state index in [-0.39, 0.29) is 25.2 Å². The summed E-state index contributed by atoms with van der Waals surface area (Å²) in [5.74, 6) is -1.68. The summed E-state index contributed by atoms with van der Waals surface area (Å²) in [6, 6.07) is 8.65. The number of benzene rings is 1. The molecule has 6 heteroatoms. The number of hydrogen-bond acceptors (Lipinski definition) is 6. The molecule has 1 aromatic carbocycles. The Hall–Kier alpha value is -2.37. The maximum Gasteiger partial charge on any atom is 0.312 e. The van der Waals surface area contributed by atoms with Gasteiger partial charge in [0, 0.05) is 6.42 Å². The Morgan fingerprint density at radius 3 is 2.15 bits per heavy atom. The Kier molecular flexibility index (Phi) is 11.6. The van der Waals surface area contributed by atoms with E-state index in [4.69, 9.17) is 14.2 Å². The van der Waals surface area contributed by atoms with Crippen LogP contribution in [0.25, 0.3) is 0 Å². The standard InChI is InChI=1S/C21H30O6/c1-3-5-14-25-19(22)13-12-17(21(24)26-15-6-4-2)16-20(23)27-18-10-8-7-9-11-18/h7-11,17H,3-6,12-16H2,1-2H3. The van der Waals surface area contributed by atoms with Gasteiger partial charge in [0.2, 0.25) is 0 Å². The zero-order valence-electron chi connectivity index (χ0n) is 16.3. The van der Waals surface area contributed by atoms with Crippen LogP contribution in [0.15, 0.2) is 30.3 Å². The second kappa shape index (κ2) is 13.8. The van der Waals surface area contributed by atoms with Gasteiger partial charge in [-0.2, -0.15) is 0 Å². The lowest BCUT2D eigenvalue weighted by Gasteiger charge is -2.15. The van der Waals surface area contributed by atoms with Crippen LogP contribution in [0.3, 0.4) is 0 Å². The van der Waals surface area contributed by atoms with Crippen molar-refractivity contribution >= 4 is 17.9 Å². The summed E-state index contributed by atoms with van der Waals surface area (Å²) in [5, 5.41) is 0.